The van der Waals surface area contributed by atoms with Crippen molar-refractivity contribution in [2.45, 2.75) is 6.42 Å². The van der Waals surface area contributed by atoms with Crippen molar-refractivity contribution >= 4 is 16.6 Å². The molecule has 0 atom stereocenters. The van der Waals surface area contributed by atoms with E-state index in [0.29, 0.717) is 0 Å². The Labute approximate surface area is 87.4 Å². The van der Waals surface area contributed by atoms with Gasteiger partial charge in [-0.3, -0.25) is 5.10 Å². The van der Waals surface area contributed by atoms with E-state index >= 15 is 0 Å². The fraction of sp³-hybridized carbons (Fsp3) is 0.273. The monoisotopic (exact) mass is 200 g/mol. The number of hydrogen-bond acceptors (Lipinski definition) is 3. The fourth-order valence-corrected chi connectivity index (χ4v) is 1.94. The van der Waals surface area contributed by atoms with E-state index in [2.05, 4.69) is 32.6 Å². The van der Waals surface area contributed by atoms with Gasteiger partial charge in [-0.05, 0) is 30.7 Å². The zero-order valence-electron chi connectivity index (χ0n) is 8.33. The van der Waals surface area contributed by atoms with Gasteiger partial charge in [-0.15, -0.1) is 0 Å². The molecular weight excluding hydrogens is 188 g/mol. The average molecular weight is 200 g/mol. The Hall–Kier alpha value is -1.68. The molecule has 4 heteroatoms. The van der Waals surface area contributed by atoms with Crippen LogP contribution in [0.1, 0.15) is 12.1 Å². The molecule has 15 heavy (non-hydrogen) atoms. The summed E-state index contributed by atoms with van der Waals surface area (Å²) in [6.45, 7) is 1.97. The van der Waals surface area contributed by atoms with Gasteiger partial charge in [0.15, 0.2) is 5.65 Å². The van der Waals surface area contributed by atoms with E-state index in [1.807, 2.05) is 6.07 Å². The molecule has 0 aliphatic carbocycles. The van der Waals surface area contributed by atoms with Gasteiger partial charge in [0, 0.05) is 18.1 Å². The van der Waals surface area contributed by atoms with Crippen LogP contribution in [0.2, 0.25) is 0 Å². The largest absolute Gasteiger partial charge is 0.313 e. The lowest BCUT2D eigenvalue weighted by molar-refractivity contribution is 0.737. The Balaban J connectivity index is 2.14. The third-order valence-corrected chi connectivity index (χ3v) is 2.71. The number of aromatic nitrogens is 3. The standard InChI is InChI=1S/C11H12N4/c1-2-9-10(8-3-6-12-7-4-8)14-15-11(9)13-5-1/h1-3,5,12H,4,6-7H2,(H,13,14,15). The first kappa shape index (κ1) is 8.61. The molecule has 0 bridgehead atoms. The molecule has 0 radical (unpaired) electrons. The minimum absolute atomic E-state index is 0.798. The molecule has 0 saturated heterocycles. The van der Waals surface area contributed by atoms with Crippen molar-refractivity contribution in [2.24, 2.45) is 0 Å². The highest BCUT2D eigenvalue weighted by Crippen LogP contribution is 2.24. The Morgan fingerprint density at radius 3 is 3.20 bits per heavy atom. The Bertz CT molecular complexity index is 512. The molecule has 2 N–H and O–H groups in total. The summed E-state index contributed by atoms with van der Waals surface area (Å²) in [5.41, 5.74) is 3.26. The van der Waals surface area contributed by atoms with Crippen molar-refractivity contribution in [1.82, 2.24) is 20.5 Å². The van der Waals surface area contributed by atoms with Crippen LogP contribution in [0.4, 0.5) is 0 Å². The van der Waals surface area contributed by atoms with Gasteiger partial charge in [0.1, 0.15) is 0 Å². The molecule has 1 aliphatic rings. The quantitative estimate of drug-likeness (QED) is 0.730. The maximum Gasteiger partial charge on any atom is 0.181 e. The number of nitrogens with zero attached hydrogens (tertiary/aromatic N) is 2. The predicted octanol–water partition coefficient (Wildman–Crippen LogP) is 1.33. The van der Waals surface area contributed by atoms with Crippen LogP contribution in [0, 0.1) is 0 Å². The number of rotatable bonds is 1. The van der Waals surface area contributed by atoms with Gasteiger partial charge < -0.3 is 5.32 Å². The highest BCUT2D eigenvalue weighted by molar-refractivity contribution is 5.88. The minimum atomic E-state index is 0.798. The lowest BCUT2D eigenvalue weighted by Crippen LogP contribution is -2.20. The van der Waals surface area contributed by atoms with Gasteiger partial charge in [0.2, 0.25) is 0 Å². The zero-order chi connectivity index (χ0) is 10.1. The smallest absolute Gasteiger partial charge is 0.181 e. The summed E-state index contributed by atoms with van der Waals surface area (Å²) in [4.78, 5) is 4.21. The van der Waals surface area contributed by atoms with E-state index in [4.69, 9.17) is 0 Å². The number of hydrogen-bond donors (Lipinski definition) is 2. The highest BCUT2D eigenvalue weighted by atomic mass is 15.1. The fourth-order valence-electron chi connectivity index (χ4n) is 1.94. The lowest BCUT2D eigenvalue weighted by Gasteiger charge is -2.12. The maximum atomic E-state index is 4.21. The molecule has 76 valence electrons. The number of pyridine rings is 1. The van der Waals surface area contributed by atoms with E-state index in [1.54, 1.807) is 6.20 Å². The van der Waals surface area contributed by atoms with Gasteiger partial charge in [0.05, 0.1) is 5.69 Å². The number of H-pyrrole nitrogens is 1. The summed E-state index contributed by atoms with van der Waals surface area (Å²) in [6, 6.07) is 4.01. The van der Waals surface area contributed by atoms with E-state index in [-0.39, 0.29) is 0 Å². The molecular formula is C11H12N4. The van der Waals surface area contributed by atoms with Crippen LogP contribution in [0.15, 0.2) is 24.4 Å². The first-order chi connectivity index (χ1) is 7.45. The maximum absolute atomic E-state index is 4.21. The van der Waals surface area contributed by atoms with Gasteiger partial charge in [0.25, 0.3) is 0 Å². The van der Waals surface area contributed by atoms with Crippen LogP contribution in [0.5, 0.6) is 0 Å². The first-order valence-electron chi connectivity index (χ1n) is 5.14. The Kier molecular flexibility index (Phi) is 1.99. The van der Waals surface area contributed by atoms with Gasteiger partial charge in [-0.2, -0.15) is 5.10 Å². The van der Waals surface area contributed by atoms with Gasteiger partial charge >= 0.3 is 0 Å². The summed E-state index contributed by atoms with van der Waals surface area (Å²) in [6.07, 6.45) is 5.03. The third kappa shape index (κ3) is 1.43. The lowest BCUT2D eigenvalue weighted by atomic mass is 10.0. The van der Waals surface area contributed by atoms with Crippen molar-refractivity contribution in [3.8, 4) is 0 Å². The average Bonchev–Trinajstić information content (AvgIpc) is 2.74. The predicted molar refractivity (Wildman–Crippen MR) is 59.4 cm³/mol. The molecule has 0 amide bonds. The number of aromatic amines is 1. The second-order valence-electron chi connectivity index (χ2n) is 3.66. The van der Waals surface area contributed by atoms with Crippen molar-refractivity contribution in [2.75, 3.05) is 13.1 Å². The molecule has 1 aliphatic heterocycles. The molecule has 2 aromatic rings. The molecule has 0 fully saturated rings. The first-order valence-corrected chi connectivity index (χ1v) is 5.14. The van der Waals surface area contributed by atoms with Crippen LogP contribution in [-0.2, 0) is 0 Å². The van der Waals surface area contributed by atoms with Crippen molar-refractivity contribution in [3.63, 3.8) is 0 Å². The van der Waals surface area contributed by atoms with Crippen LogP contribution in [-0.4, -0.2) is 28.3 Å². The number of fused-ring (bicyclic) bond motifs is 1. The van der Waals surface area contributed by atoms with E-state index < -0.39 is 0 Å². The molecule has 0 aromatic carbocycles. The minimum Gasteiger partial charge on any atom is -0.313 e. The molecule has 2 aromatic heterocycles. The Morgan fingerprint density at radius 1 is 1.33 bits per heavy atom. The zero-order valence-corrected chi connectivity index (χ0v) is 8.33. The second-order valence-corrected chi connectivity index (χ2v) is 3.66. The van der Waals surface area contributed by atoms with Crippen LogP contribution in [0.3, 0.4) is 0 Å². The Morgan fingerprint density at radius 2 is 2.33 bits per heavy atom. The molecule has 0 saturated carbocycles. The van der Waals surface area contributed by atoms with Crippen molar-refractivity contribution < 1.29 is 0 Å². The van der Waals surface area contributed by atoms with Crippen molar-refractivity contribution in [1.29, 1.82) is 0 Å². The molecule has 0 spiro atoms. The van der Waals surface area contributed by atoms with Crippen LogP contribution < -0.4 is 5.32 Å². The topological polar surface area (TPSA) is 53.6 Å². The molecule has 3 heterocycles. The van der Waals surface area contributed by atoms with Crippen molar-refractivity contribution in [3.05, 3.63) is 30.1 Å². The van der Waals surface area contributed by atoms with E-state index in [9.17, 15) is 0 Å². The SMILES string of the molecule is C1=C(c2[nH]nc3ncccc23)CCNC1. The van der Waals surface area contributed by atoms with E-state index in [0.717, 1.165) is 36.2 Å². The third-order valence-electron chi connectivity index (χ3n) is 2.71. The summed E-state index contributed by atoms with van der Waals surface area (Å²) < 4.78 is 0. The second kappa shape index (κ2) is 3.47. The number of nitrogens with one attached hydrogen (secondary N) is 2. The summed E-state index contributed by atoms with van der Waals surface area (Å²) in [5.74, 6) is 0. The van der Waals surface area contributed by atoms with Crippen LogP contribution >= 0.6 is 0 Å². The summed E-state index contributed by atoms with van der Waals surface area (Å²) >= 11 is 0. The molecule has 0 unspecified atom stereocenters. The summed E-state index contributed by atoms with van der Waals surface area (Å²) in [5, 5.41) is 11.7. The molecule has 4 nitrogen and oxygen atoms in total. The molecule has 3 rings (SSSR count). The highest BCUT2D eigenvalue weighted by Gasteiger charge is 2.11. The summed E-state index contributed by atoms with van der Waals surface area (Å²) in [7, 11) is 0. The van der Waals surface area contributed by atoms with Crippen LogP contribution in [0.25, 0.3) is 16.6 Å². The normalized spacial score (nSPS) is 16.7. The van der Waals surface area contributed by atoms with E-state index in [1.165, 1.54) is 5.57 Å². The van der Waals surface area contributed by atoms with Gasteiger partial charge in [-0.25, -0.2) is 4.98 Å². The van der Waals surface area contributed by atoms with Gasteiger partial charge in [-0.1, -0.05) is 6.08 Å².